The highest BCUT2D eigenvalue weighted by Gasteiger charge is 2.01. The first-order chi connectivity index (χ1) is 5.42. The summed E-state index contributed by atoms with van der Waals surface area (Å²) >= 11 is 0. The molecule has 0 heterocycles. The van der Waals surface area contributed by atoms with Crippen molar-refractivity contribution in [2.45, 2.75) is 33.1 Å². The van der Waals surface area contributed by atoms with Gasteiger partial charge in [-0.25, -0.2) is 5.14 Å². The van der Waals surface area contributed by atoms with E-state index in [0.717, 1.165) is 19.3 Å². The second kappa shape index (κ2) is 5.50. The largest absolute Gasteiger partial charge is 0.333 e. The van der Waals surface area contributed by atoms with Crippen LogP contribution in [-0.2, 0) is 14.5 Å². The van der Waals surface area contributed by atoms with Crippen LogP contribution >= 0.6 is 0 Å². The molecular formula is C7H17NO3S. The molecular weight excluding hydrogens is 178 g/mol. The van der Waals surface area contributed by atoms with Crippen molar-refractivity contribution in [1.29, 1.82) is 0 Å². The van der Waals surface area contributed by atoms with Gasteiger partial charge in [-0.3, -0.25) is 4.18 Å². The molecule has 0 aliphatic rings. The van der Waals surface area contributed by atoms with Gasteiger partial charge in [0.2, 0.25) is 0 Å². The van der Waals surface area contributed by atoms with Crippen molar-refractivity contribution in [2.75, 3.05) is 6.61 Å². The summed E-state index contributed by atoms with van der Waals surface area (Å²) < 4.78 is 24.9. The van der Waals surface area contributed by atoms with Crippen LogP contribution < -0.4 is 5.14 Å². The zero-order valence-electron chi connectivity index (χ0n) is 7.62. The molecule has 74 valence electrons. The summed E-state index contributed by atoms with van der Waals surface area (Å²) in [6.07, 6.45) is 2.82. The molecule has 0 amide bonds. The molecule has 0 rings (SSSR count). The molecule has 0 unspecified atom stereocenters. The van der Waals surface area contributed by atoms with E-state index in [2.05, 4.69) is 23.2 Å². The highest BCUT2D eigenvalue weighted by Crippen LogP contribution is 2.06. The van der Waals surface area contributed by atoms with Crippen molar-refractivity contribution in [3.8, 4) is 0 Å². The summed E-state index contributed by atoms with van der Waals surface area (Å²) in [6, 6.07) is 0. The number of hydrogen-bond donors (Lipinski definition) is 1. The van der Waals surface area contributed by atoms with Crippen LogP contribution in [0.15, 0.2) is 0 Å². The molecule has 4 nitrogen and oxygen atoms in total. The predicted molar refractivity (Wildman–Crippen MR) is 47.7 cm³/mol. The van der Waals surface area contributed by atoms with Gasteiger partial charge in [-0.2, -0.15) is 8.42 Å². The highest BCUT2D eigenvalue weighted by atomic mass is 32.2. The van der Waals surface area contributed by atoms with E-state index in [0.29, 0.717) is 5.92 Å². The van der Waals surface area contributed by atoms with E-state index in [1.807, 2.05) is 0 Å². The molecule has 0 spiro atoms. The van der Waals surface area contributed by atoms with Gasteiger partial charge in [-0.15, -0.1) is 0 Å². The fourth-order valence-electron chi connectivity index (χ4n) is 0.830. The molecule has 0 aromatic carbocycles. The average molecular weight is 195 g/mol. The Morgan fingerprint density at radius 2 is 1.92 bits per heavy atom. The highest BCUT2D eigenvalue weighted by molar-refractivity contribution is 7.84. The third kappa shape index (κ3) is 9.87. The second-order valence-corrected chi connectivity index (χ2v) is 4.43. The first-order valence-corrected chi connectivity index (χ1v) is 5.56. The molecule has 0 aromatic heterocycles. The predicted octanol–water partition coefficient (Wildman–Crippen LogP) is 1.03. The van der Waals surface area contributed by atoms with E-state index in [1.165, 1.54) is 0 Å². The Balaban J connectivity index is 3.23. The summed E-state index contributed by atoms with van der Waals surface area (Å²) in [6.45, 7) is 4.45. The number of nitrogens with two attached hydrogens (primary N) is 1. The Bertz CT molecular complexity index is 199. The van der Waals surface area contributed by atoms with E-state index in [4.69, 9.17) is 0 Å². The number of rotatable bonds is 6. The maximum absolute atomic E-state index is 10.3. The van der Waals surface area contributed by atoms with E-state index >= 15 is 0 Å². The van der Waals surface area contributed by atoms with Gasteiger partial charge in [0.25, 0.3) is 0 Å². The maximum Gasteiger partial charge on any atom is 0.333 e. The molecule has 5 heteroatoms. The van der Waals surface area contributed by atoms with Crippen LogP contribution in [0.25, 0.3) is 0 Å². The van der Waals surface area contributed by atoms with Crippen LogP contribution in [0.4, 0.5) is 0 Å². The Hall–Kier alpha value is -0.130. The van der Waals surface area contributed by atoms with Gasteiger partial charge in [0.1, 0.15) is 0 Å². The second-order valence-electron chi connectivity index (χ2n) is 3.20. The zero-order chi connectivity index (χ0) is 9.61. The van der Waals surface area contributed by atoms with Crippen molar-refractivity contribution in [1.82, 2.24) is 0 Å². The molecule has 0 saturated heterocycles. The SMILES string of the molecule is CC(C)CCCCOS(N)(=O)=O. The van der Waals surface area contributed by atoms with Crippen molar-refractivity contribution in [2.24, 2.45) is 11.1 Å². The molecule has 0 fully saturated rings. The zero-order valence-corrected chi connectivity index (χ0v) is 8.43. The minimum absolute atomic E-state index is 0.200. The molecule has 0 aliphatic carbocycles. The summed E-state index contributed by atoms with van der Waals surface area (Å²) in [4.78, 5) is 0. The van der Waals surface area contributed by atoms with Crippen LogP contribution in [0.1, 0.15) is 33.1 Å². The molecule has 0 saturated carbocycles. The van der Waals surface area contributed by atoms with Crippen LogP contribution in [0, 0.1) is 5.92 Å². The minimum Gasteiger partial charge on any atom is -0.258 e. The molecule has 12 heavy (non-hydrogen) atoms. The third-order valence-electron chi connectivity index (χ3n) is 1.42. The van der Waals surface area contributed by atoms with Crippen LogP contribution in [-0.4, -0.2) is 15.0 Å². The first kappa shape index (κ1) is 11.9. The van der Waals surface area contributed by atoms with Gasteiger partial charge in [-0.05, 0) is 12.3 Å². The Labute approximate surface area is 74.4 Å². The Morgan fingerprint density at radius 3 is 2.33 bits per heavy atom. The summed E-state index contributed by atoms with van der Waals surface area (Å²) in [5.74, 6) is 0.652. The third-order valence-corrected chi connectivity index (χ3v) is 1.92. The fraction of sp³-hybridized carbons (Fsp3) is 1.00. The summed E-state index contributed by atoms with van der Waals surface area (Å²) in [5.41, 5.74) is 0. The molecule has 2 N–H and O–H groups in total. The molecule has 0 atom stereocenters. The standard InChI is InChI=1S/C7H17NO3S/c1-7(2)5-3-4-6-11-12(8,9)10/h7H,3-6H2,1-2H3,(H2,8,9,10). The van der Waals surface area contributed by atoms with E-state index in [-0.39, 0.29) is 6.61 Å². The monoisotopic (exact) mass is 195 g/mol. The Morgan fingerprint density at radius 1 is 1.33 bits per heavy atom. The quantitative estimate of drug-likeness (QED) is 0.644. The van der Waals surface area contributed by atoms with E-state index < -0.39 is 10.3 Å². The first-order valence-electron chi connectivity index (χ1n) is 4.09. The van der Waals surface area contributed by atoms with Crippen LogP contribution in [0.3, 0.4) is 0 Å². The van der Waals surface area contributed by atoms with Gasteiger partial charge in [0, 0.05) is 0 Å². The fourth-order valence-corrected chi connectivity index (χ4v) is 1.18. The van der Waals surface area contributed by atoms with Crippen LogP contribution in [0.2, 0.25) is 0 Å². The van der Waals surface area contributed by atoms with Gasteiger partial charge < -0.3 is 0 Å². The normalized spacial score (nSPS) is 12.3. The van der Waals surface area contributed by atoms with Gasteiger partial charge in [0.15, 0.2) is 0 Å². The lowest BCUT2D eigenvalue weighted by atomic mass is 10.1. The molecule has 0 aromatic rings. The van der Waals surface area contributed by atoms with Gasteiger partial charge in [0.05, 0.1) is 6.61 Å². The molecule has 0 aliphatic heterocycles. The molecule has 0 bridgehead atoms. The van der Waals surface area contributed by atoms with E-state index in [9.17, 15) is 8.42 Å². The Kier molecular flexibility index (Phi) is 5.44. The number of unbranched alkanes of at least 4 members (excludes halogenated alkanes) is 1. The summed E-state index contributed by atoms with van der Waals surface area (Å²) in [5, 5.41) is 4.63. The lowest BCUT2D eigenvalue weighted by molar-refractivity contribution is 0.304. The number of hydrogen-bond acceptors (Lipinski definition) is 3. The molecule has 0 radical (unpaired) electrons. The summed E-state index contributed by atoms with van der Waals surface area (Å²) in [7, 11) is -3.72. The van der Waals surface area contributed by atoms with Crippen molar-refractivity contribution >= 4 is 10.3 Å². The lowest BCUT2D eigenvalue weighted by Gasteiger charge is -2.03. The smallest absolute Gasteiger partial charge is 0.258 e. The lowest BCUT2D eigenvalue weighted by Crippen LogP contribution is -2.16. The van der Waals surface area contributed by atoms with E-state index in [1.54, 1.807) is 0 Å². The van der Waals surface area contributed by atoms with Crippen molar-refractivity contribution in [3.05, 3.63) is 0 Å². The van der Waals surface area contributed by atoms with Crippen molar-refractivity contribution in [3.63, 3.8) is 0 Å². The van der Waals surface area contributed by atoms with Crippen LogP contribution in [0.5, 0.6) is 0 Å². The van der Waals surface area contributed by atoms with Gasteiger partial charge >= 0.3 is 10.3 Å². The minimum atomic E-state index is -3.72. The topological polar surface area (TPSA) is 69.4 Å². The maximum atomic E-state index is 10.3. The van der Waals surface area contributed by atoms with Gasteiger partial charge in [-0.1, -0.05) is 26.7 Å². The average Bonchev–Trinajstić information content (AvgIpc) is 1.83. The van der Waals surface area contributed by atoms with Crippen molar-refractivity contribution < 1.29 is 12.6 Å².